The van der Waals surface area contributed by atoms with Crippen LogP contribution in [-0.2, 0) is 17.9 Å². The number of hydrogen-bond donors (Lipinski definition) is 2. The first kappa shape index (κ1) is 19.2. The monoisotopic (exact) mass is 372 g/mol. The second kappa shape index (κ2) is 9.37. The van der Waals surface area contributed by atoms with Crippen molar-refractivity contribution in [3.63, 3.8) is 0 Å². The summed E-state index contributed by atoms with van der Waals surface area (Å²) in [4.78, 5) is 11.6. The molecule has 1 saturated carbocycles. The Kier molecular flexibility index (Phi) is 6.65. The van der Waals surface area contributed by atoms with Gasteiger partial charge in [0.2, 0.25) is 5.91 Å². The van der Waals surface area contributed by atoms with Crippen LogP contribution in [0.3, 0.4) is 0 Å². The summed E-state index contributed by atoms with van der Waals surface area (Å²) < 4.78 is 24.2. The Balaban J connectivity index is 1.44. The number of nitrogens with one attached hydrogen (secondary N) is 2. The van der Waals surface area contributed by atoms with Crippen molar-refractivity contribution in [3.8, 4) is 11.5 Å². The third kappa shape index (κ3) is 5.96. The predicted octanol–water partition coefficient (Wildman–Crippen LogP) is 3.03. The van der Waals surface area contributed by atoms with Crippen molar-refractivity contribution in [2.45, 2.75) is 26.0 Å². The minimum atomic E-state index is -0.264. The lowest BCUT2D eigenvalue weighted by Gasteiger charge is -2.13. The first-order chi connectivity index (χ1) is 13.2. The number of halogens is 1. The summed E-state index contributed by atoms with van der Waals surface area (Å²) in [6.07, 6.45) is 2.04. The van der Waals surface area contributed by atoms with Gasteiger partial charge in [-0.25, -0.2) is 4.39 Å². The Morgan fingerprint density at radius 2 is 1.81 bits per heavy atom. The Morgan fingerprint density at radius 1 is 1.07 bits per heavy atom. The number of benzene rings is 2. The third-order valence-corrected chi connectivity index (χ3v) is 4.41. The maximum atomic E-state index is 13.0. The molecule has 144 valence electrons. The Morgan fingerprint density at radius 3 is 2.52 bits per heavy atom. The van der Waals surface area contributed by atoms with Crippen LogP contribution in [0.2, 0.25) is 0 Å². The number of ether oxygens (including phenoxy) is 2. The summed E-state index contributed by atoms with van der Waals surface area (Å²) >= 11 is 0. The normalized spacial score (nSPS) is 13.3. The molecule has 2 N–H and O–H groups in total. The third-order valence-electron chi connectivity index (χ3n) is 4.41. The molecule has 2 aromatic rings. The zero-order valence-electron chi connectivity index (χ0n) is 15.5. The van der Waals surface area contributed by atoms with E-state index in [0.29, 0.717) is 37.7 Å². The number of carbonyl (C=O) groups excluding carboxylic acids is 1. The van der Waals surface area contributed by atoms with E-state index >= 15 is 0 Å². The lowest BCUT2D eigenvalue weighted by molar-refractivity contribution is -0.122. The molecule has 1 aliphatic carbocycles. The van der Waals surface area contributed by atoms with Crippen LogP contribution < -0.4 is 20.1 Å². The average molecular weight is 372 g/mol. The van der Waals surface area contributed by atoms with Crippen LogP contribution in [0.5, 0.6) is 11.5 Å². The minimum absolute atomic E-state index is 0.168. The van der Waals surface area contributed by atoms with E-state index in [1.165, 1.54) is 12.1 Å². The van der Waals surface area contributed by atoms with Crippen molar-refractivity contribution in [2.24, 2.45) is 5.92 Å². The molecule has 5 nitrogen and oxygen atoms in total. The van der Waals surface area contributed by atoms with Crippen molar-refractivity contribution < 1.29 is 18.7 Å². The summed E-state index contributed by atoms with van der Waals surface area (Å²) in [7, 11) is 1.60. The minimum Gasteiger partial charge on any atom is -0.493 e. The van der Waals surface area contributed by atoms with E-state index in [2.05, 4.69) is 10.6 Å². The summed E-state index contributed by atoms with van der Waals surface area (Å²) in [5.74, 6) is 1.44. The Hall–Kier alpha value is -2.60. The molecule has 0 saturated heterocycles. The lowest BCUT2D eigenvalue weighted by Crippen LogP contribution is -2.32. The zero-order chi connectivity index (χ0) is 19.1. The van der Waals surface area contributed by atoms with Crippen LogP contribution in [0.1, 0.15) is 24.0 Å². The van der Waals surface area contributed by atoms with Crippen molar-refractivity contribution in [1.29, 1.82) is 0 Å². The summed E-state index contributed by atoms with van der Waals surface area (Å²) in [5.41, 5.74) is 1.95. The fourth-order valence-corrected chi connectivity index (χ4v) is 2.68. The first-order valence-corrected chi connectivity index (χ1v) is 9.18. The van der Waals surface area contributed by atoms with Crippen molar-refractivity contribution >= 4 is 5.91 Å². The van der Waals surface area contributed by atoms with Gasteiger partial charge in [-0.05, 0) is 48.2 Å². The highest BCUT2D eigenvalue weighted by Crippen LogP contribution is 2.29. The first-order valence-electron chi connectivity index (χ1n) is 9.18. The van der Waals surface area contributed by atoms with E-state index < -0.39 is 0 Å². The summed E-state index contributed by atoms with van der Waals surface area (Å²) in [6, 6.07) is 12.0. The molecule has 0 bridgehead atoms. The van der Waals surface area contributed by atoms with Crippen LogP contribution >= 0.6 is 0 Å². The van der Waals surface area contributed by atoms with Crippen LogP contribution in [0.25, 0.3) is 0 Å². The Labute approximate surface area is 158 Å². The molecule has 3 rings (SSSR count). The average Bonchev–Trinajstić information content (AvgIpc) is 3.53. The summed E-state index contributed by atoms with van der Waals surface area (Å²) in [5, 5.41) is 6.23. The quantitative estimate of drug-likeness (QED) is 0.630. The highest BCUT2D eigenvalue weighted by molar-refractivity contribution is 5.80. The molecule has 6 heteroatoms. The van der Waals surface area contributed by atoms with Gasteiger partial charge in [-0.1, -0.05) is 18.2 Å². The van der Waals surface area contributed by atoms with Crippen molar-refractivity contribution in [3.05, 3.63) is 59.4 Å². The van der Waals surface area contributed by atoms with E-state index in [-0.39, 0.29) is 17.6 Å². The van der Waals surface area contributed by atoms with Crippen molar-refractivity contribution in [2.75, 3.05) is 20.2 Å². The van der Waals surface area contributed by atoms with E-state index in [0.717, 1.165) is 24.0 Å². The van der Waals surface area contributed by atoms with Crippen LogP contribution in [-0.4, -0.2) is 26.1 Å². The molecule has 0 atom stereocenters. The van der Waals surface area contributed by atoms with E-state index in [1.807, 2.05) is 18.2 Å². The topological polar surface area (TPSA) is 59.6 Å². The number of rotatable bonds is 10. The molecule has 0 heterocycles. The second-order valence-corrected chi connectivity index (χ2v) is 6.64. The van der Waals surface area contributed by atoms with Gasteiger partial charge in [-0.2, -0.15) is 0 Å². The predicted molar refractivity (Wildman–Crippen MR) is 101 cm³/mol. The molecule has 0 aromatic heterocycles. The lowest BCUT2D eigenvalue weighted by atomic mass is 10.2. The number of amides is 1. The molecule has 1 aliphatic rings. The van der Waals surface area contributed by atoms with E-state index in [4.69, 9.17) is 9.47 Å². The number of carbonyl (C=O) groups is 1. The van der Waals surface area contributed by atoms with Crippen LogP contribution in [0, 0.1) is 11.7 Å². The van der Waals surface area contributed by atoms with Gasteiger partial charge in [-0.15, -0.1) is 0 Å². The standard InChI is InChI=1S/C21H25FN2O3/c1-26-20-12-16(13-23-10-11-24-21(25)17-5-6-17)4-9-19(20)27-14-15-2-7-18(22)8-3-15/h2-4,7-9,12,17,23H,5-6,10-11,13-14H2,1H3,(H,24,25). The fourth-order valence-electron chi connectivity index (χ4n) is 2.68. The zero-order valence-corrected chi connectivity index (χ0v) is 15.5. The molecule has 1 fully saturated rings. The van der Waals surface area contributed by atoms with Crippen LogP contribution in [0.15, 0.2) is 42.5 Å². The molecule has 0 radical (unpaired) electrons. The van der Waals surface area contributed by atoms with Gasteiger partial charge in [0.25, 0.3) is 0 Å². The maximum Gasteiger partial charge on any atom is 0.223 e. The van der Waals surface area contributed by atoms with Gasteiger partial charge in [0.1, 0.15) is 12.4 Å². The summed E-state index contributed by atoms with van der Waals surface area (Å²) in [6.45, 7) is 2.36. The molecule has 0 aliphatic heterocycles. The fraction of sp³-hybridized carbons (Fsp3) is 0.381. The SMILES string of the molecule is COc1cc(CNCCNC(=O)C2CC2)ccc1OCc1ccc(F)cc1. The Bertz CT molecular complexity index is 761. The highest BCUT2D eigenvalue weighted by Gasteiger charge is 2.28. The molecule has 0 unspecified atom stereocenters. The smallest absolute Gasteiger partial charge is 0.223 e. The van der Waals surface area contributed by atoms with Gasteiger partial charge in [0.05, 0.1) is 7.11 Å². The van der Waals surface area contributed by atoms with Gasteiger partial charge in [-0.3, -0.25) is 4.79 Å². The van der Waals surface area contributed by atoms with E-state index in [1.54, 1.807) is 19.2 Å². The van der Waals surface area contributed by atoms with Crippen molar-refractivity contribution in [1.82, 2.24) is 10.6 Å². The van der Waals surface area contributed by atoms with Gasteiger partial charge in [0, 0.05) is 25.6 Å². The molecule has 1 amide bonds. The molecule has 2 aromatic carbocycles. The maximum absolute atomic E-state index is 13.0. The van der Waals surface area contributed by atoms with Gasteiger partial charge >= 0.3 is 0 Å². The van der Waals surface area contributed by atoms with E-state index in [9.17, 15) is 9.18 Å². The van der Waals surface area contributed by atoms with Gasteiger partial charge < -0.3 is 20.1 Å². The molecule has 27 heavy (non-hydrogen) atoms. The van der Waals surface area contributed by atoms with Crippen LogP contribution in [0.4, 0.5) is 4.39 Å². The largest absolute Gasteiger partial charge is 0.493 e. The highest BCUT2D eigenvalue weighted by atomic mass is 19.1. The van der Waals surface area contributed by atoms with Gasteiger partial charge in [0.15, 0.2) is 11.5 Å². The number of hydrogen-bond acceptors (Lipinski definition) is 4. The number of methoxy groups -OCH3 is 1. The second-order valence-electron chi connectivity index (χ2n) is 6.64. The molecular weight excluding hydrogens is 347 g/mol. The molecular formula is C21H25FN2O3. The molecule has 0 spiro atoms.